The van der Waals surface area contributed by atoms with Gasteiger partial charge in [-0.15, -0.1) is 0 Å². The zero-order valence-electron chi connectivity index (χ0n) is 9.22. The summed E-state index contributed by atoms with van der Waals surface area (Å²) in [7, 11) is 0. The molecule has 2 rings (SSSR count). The lowest BCUT2D eigenvalue weighted by molar-refractivity contribution is -0.136. The topological polar surface area (TPSA) is 63.1 Å². The molecule has 0 atom stereocenters. The molecule has 86 valence electrons. The number of carbonyl (C=O) groups is 1. The van der Waals surface area contributed by atoms with E-state index in [9.17, 15) is 4.79 Å². The molecule has 4 heteroatoms. The van der Waals surface area contributed by atoms with Crippen molar-refractivity contribution in [3.05, 3.63) is 23.8 Å². The van der Waals surface area contributed by atoms with Crippen LogP contribution in [0.2, 0.25) is 0 Å². The van der Waals surface area contributed by atoms with E-state index in [1.54, 1.807) is 12.3 Å². The van der Waals surface area contributed by atoms with Gasteiger partial charge < -0.3 is 5.11 Å². The van der Waals surface area contributed by atoms with Gasteiger partial charge in [0, 0.05) is 12.1 Å². The van der Waals surface area contributed by atoms with Crippen LogP contribution in [-0.4, -0.2) is 21.0 Å². The van der Waals surface area contributed by atoms with E-state index in [1.807, 2.05) is 0 Å². The van der Waals surface area contributed by atoms with Gasteiger partial charge in [0.2, 0.25) is 0 Å². The van der Waals surface area contributed by atoms with E-state index in [0.717, 1.165) is 18.7 Å². The second-order valence-corrected chi connectivity index (χ2v) is 4.31. The molecule has 0 amide bonds. The minimum Gasteiger partial charge on any atom is -0.481 e. The molecule has 0 radical (unpaired) electrons. The Morgan fingerprint density at radius 3 is 2.81 bits per heavy atom. The van der Waals surface area contributed by atoms with Crippen molar-refractivity contribution in [1.82, 2.24) is 9.97 Å². The first kappa shape index (κ1) is 11.0. The highest BCUT2D eigenvalue weighted by Gasteiger charge is 2.18. The number of aromatic nitrogens is 2. The molecule has 1 heterocycles. The standard InChI is InChI=1S/C12H16N2O2/c15-11(16)8-10-6-7-13-12(14-10)9-4-2-1-3-5-9/h6-7,9H,1-5,8H2,(H,15,16). The maximum Gasteiger partial charge on any atom is 0.309 e. The van der Waals surface area contributed by atoms with Crippen molar-refractivity contribution in [2.45, 2.75) is 44.4 Å². The van der Waals surface area contributed by atoms with Gasteiger partial charge in [0.25, 0.3) is 0 Å². The lowest BCUT2D eigenvalue weighted by atomic mass is 9.88. The number of aliphatic carboxylic acids is 1. The molecule has 1 fully saturated rings. The van der Waals surface area contributed by atoms with Crippen LogP contribution in [0.5, 0.6) is 0 Å². The molecule has 0 bridgehead atoms. The summed E-state index contributed by atoms with van der Waals surface area (Å²) in [5.74, 6) is 0.425. The van der Waals surface area contributed by atoms with Crippen LogP contribution in [0.4, 0.5) is 0 Å². The van der Waals surface area contributed by atoms with Gasteiger partial charge in [0.15, 0.2) is 0 Å². The minimum atomic E-state index is -0.840. The van der Waals surface area contributed by atoms with Gasteiger partial charge in [-0.25, -0.2) is 9.97 Å². The average molecular weight is 220 g/mol. The van der Waals surface area contributed by atoms with Crippen LogP contribution in [0.3, 0.4) is 0 Å². The summed E-state index contributed by atoms with van der Waals surface area (Å²) in [6.45, 7) is 0. The first-order chi connectivity index (χ1) is 7.75. The Hall–Kier alpha value is -1.45. The molecule has 1 aromatic rings. The molecule has 0 unspecified atom stereocenters. The van der Waals surface area contributed by atoms with E-state index in [-0.39, 0.29) is 6.42 Å². The van der Waals surface area contributed by atoms with Crippen molar-refractivity contribution in [3.8, 4) is 0 Å². The predicted octanol–water partition coefficient (Wildman–Crippen LogP) is 2.15. The first-order valence-corrected chi connectivity index (χ1v) is 5.79. The zero-order valence-corrected chi connectivity index (χ0v) is 9.22. The van der Waals surface area contributed by atoms with Crippen molar-refractivity contribution in [3.63, 3.8) is 0 Å². The Labute approximate surface area is 94.7 Å². The van der Waals surface area contributed by atoms with Crippen LogP contribution in [0.1, 0.15) is 49.5 Å². The molecule has 1 N–H and O–H groups in total. The summed E-state index contributed by atoms with van der Waals surface area (Å²) in [4.78, 5) is 19.2. The summed E-state index contributed by atoms with van der Waals surface area (Å²) >= 11 is 0. The maximum absolute atomic E-state index is 10.6. The van der Waals surface area contributed by atoms with E-state index in [2.05, 4.69) is 9.97 Å². The second-order valence-electron chi connectivity index (χ2n) is 4.31. The van der Waals surface area contributed by atoms with Crippen molar-refractivity contribution >= 4 is 5.97 Å². The smallest absolute Gasteiger partial charge is 0.309 e. The number of carboxylic acid groups (broad SMARTS) is 1. The lowest BCUT2D eigenvalue weighted by Crippen LogP contribution is -2.11. The molecule has 4 nitrogen and oxygen atoms in total. The average Bonchev–Trinajstić information content (AvgIpc) is 2.30. The lowest BCUT2D eigenvalue weighted by Gasteiger charge is -2.20. The molecule has 1 aromatic heterocycles. The third-order valence-corrected chi connectivity index (χ3v) is 3.03. The van der Waals surface area contributed by atoms with Crippen LogP contribution in [0.25, 0.3) is 0 Å². The quantitative estimate of drug-likeness (QED) is 0.847. The van der Waals surface area contributed by atoms with E-state index in [1.165, 1.54) is 19.3 Å². The number of carboxylic acids is 1. The van der Waals surface area contributed by atoms with Gasteiger partial charge in [0.1, 0.15) is 5.82 Å². The van der Waals surface area contributed by atoms with Crippen LogP contribution < -0.4 is 0 Å². The normalized spacial score (nSPS) is 17.2. The van der Waals surface area contributed by atoms with Crippen molar-refractivity contribution in [1.29, 1.82) is 0 Å². The summed E-state index contributed by atoms with van der Waals surface area (Å²) in [5, 5.41) is 8.71. The summed E-state index contributed by atoms with van der Waals surface area (Å²) < 4.78 is 0. The third-order valence-electron chi connectivity index (χ3n) is 3.03. The zero-order chi connectivity index (χ0) is 11.4. The number of hydrogen-bond donors (Lipinski definition) is 1. The molecule has 1 saturated carbocycles. The summed E-state index contributed by atoms with van der Waals surface area (Å²) in [6, 6.07) is 1.68. The van der Waals surface area contributed by atoms with Crippen LogP contribution >= 0.6 is 0 Å². The van der Waals surface area contributed by atoms with Gasteiger partial charge in [0.05, 0.1) is 12.1 Å². The van der Waals surface area contributed by atoms with Gasteiger partial charge in [-0.2, -0.15) is 0 Å². The Kier molecular flexibility index (Phi) is 3.49. The molecular formula is C12H16N2O2. The van der Waals surface area contributed by atoms with Gasteiger partial charge in [-0.3, -0.25) is 4.79 Å². The highest BCUT2D eigenvalue weighted by Crippen LogP contribution is 2.30. The minimum absolute atomic E-state index is 0.0117. The van der Waals surface area contributed by atoms with Gasteiger partial charge in [-0.05, 0) is 18.9 Å². The largest absolute Gasteiger partial charge is 0.481 e. The molecular weight excluding hydrogens is 204 g/mol. The predicted molar refractivity (Wildman–Crippen MR) is 59.2 cm³/mol. The Morgan fingerprint density at radius 2 is 2.12 bits per heavy atom. The van der Waals surface area contributed by atoms with E-state index < -0.39 is 5.97 Å². The number of rotatable bonds is 3. The Balaban J connectivity index is 2.11. The van der Waals surface area contributed by atoms with Gasteiger partial charge >= 0.3 is 5.97 Å². The second kappa shape index (κ2) is 5.05. The third kappa shape index (κ3) is 2.78. The van der Waals surface area contributed by atoms with E-state index in [4.69, 9.17) is 5.11 Å². The number of nitrogens with zero attached hydrogens (tertiary/aromatic N) is 2. The highest BCUT2D eigenvalue weighted by molar-refractivity contribution is 5.69. The maximum atomic E-state index is 10.6. The fourth-order valence-electron chi connectivity index (χ4n) is 2.22. The van der Waals surface area contributed by atoms with E-state index in [0.29, 0.717) is 11.6 Å². The fourth-order valence-corrected chi connectivity index (χ4v) is 2.22. The first-order valence-electron chi connectivity index (χ1n) is 5.79. The van der Waals surface area contributed by atoms with E-state index >= 15 is 0 Å². The van der Waals surface area contributed by atoms with Crippen molar-refractivity contribution in [2.75, 3.05) is 0 Å². The number of hydrogen-bond acceptors (Lipinski definition) is 3. The SMILES string of the molecule is O=C(O)Cc1ccnc(C2CCCCC2)n1. The molecule has 1 aliphatic rings. The Bertz CT molecular complexity index is 373. The summed E-state index contributed by atoms with van der Waals surface area (Å²) in [6.07, 6.45) is 7.70. The molecule has 16 heavy (non-hydrogen) atoms. The van der Waals surface area contributed by atoms with Crippen molar-refractivity contribution in [2.24, 2.45) is 0 Å². The molecule has 1 aliphatic carbocycles. The molecule has 0 aromatic carbocycles. The van der Waals surface area contributed by atoms with Gasteiger partial charge in [-0.1, -0.05) is 19.3 Å². The monoisotopic (exact) mass is 220 g/mol. The van der Waals surface area contributed by atoms with Crippen molar-refractivity contribution < 1.29 is 9.90 Å². The fraction of sp³-hybridized carbons (Fsp3) is 0.583. The van der Waals surface area contributed by atoms with Crippen LogP contribution in [0.15, 0.2) is 12.3 Å². The molecule has 0 spiro atoms. The van der Waals surface area contributed by atoms with Crippen LogP contribution in [-0.2, 0) is 11.2 Å². The van der Waals surface area contributed by atoms with Crippen LogP contribution in [0, 0.1) is 0 Å². The summed E-state index contributed by atoms with van der Waals surface area (Å²) in [5.41, 5.74) is 0.614. The molecule has 0 saturated heterocycles. The Morgan fingerprint density at radius 1 is 1.38 bits per heavy atom. The molecule has 0 aliphatic heterocycles. The highest BCUT2D eigenvalue weighted by atomic mass is 16.4.